The first kappa shape index (κ1) is 52.2. The molecule has 2 aromatic carbocycles. The summed E-state index contributed by atoms with van der Waals surface area (Å²) in [5.41, 5.74) is 1.61. The number of Topliss-reactive ketones (excluding diaryl/α,β-unsaturated/α-hetero) is 2. The van der Waals surface area contributed by atoms with Gasteiger partial charge in [-0.15, -0.1) is 0 Å². The lowest BCUT2D eigenvalue weighted by Crippen LogP contribution is -2.64. The number of cyclic esters (lactones) is 1. The Hall–Kier alpha value is -4.18. The fraction of sp³-hybridized carbons (Fsp3) is 0.660. The molecule has 1 amide bonds. The van der Waals surface area contributed by atoms with Crippen LogP contribution in [0.2, 0.25) is 0 Å². The highest BCUT2D eigenvalue weighted by molar-refractivity contribution is 6.39. The fourth-order valence-electron chi connectivity index (χ4n) is 10.9. The Labute approximate surface area is 396 Å². The predicted octanol–water partition coefficient (Wildman–Crippen LogP) is 7.07. The number of methoxy groups -OCH3 is 3. The van der Waals surface area contributed by atoms with Crippen LogP contribution in [0.15, 0.2) is 59.7 Å². The summed E-state index contributed by atoms with van der Waals surface area (Å²) in [5.74, 6) is -6.41. The normalized spacial score (nSPS) is 36.6. The number of hydrogen-bond acceptors (Lipinski definition) is 13. The number of benzene rings is 2. The number of fused-ring (bicyclic) bond motifs is 4. The van der Waals surface area contributed by atoms with Crippen molar-refractivity contribution in [2.24, 2.45) is 29.6 Å². The molecular formula is C53H75NO13. The molecule has 370 valence electrons. The lowest BCUT2D eigenvalue weighted by Gasteiger charge is -2.47. The van der Waals surface area contributed by atoms with Crippen molar-refractivity contribution >= 4 is 34.2 Å². The van der Waals surface area contributed by atoms with E-state index in [1.807, 2.05) is 69.3 Å². The van der Waals surface area contributed by atoms with Crippen LogP contribution in [0.1, 0.15) is 112 Å². The second-order valence-corrected chi connectivity index (χ2v) is 19.9. The molecule has 67 heavy (non-hydrogen) atoms. The number of nitrogens with zero attached hydrogens (tertiary/aromatic N) is 1. The number of hydrogen-bond donors (Lipinski definition) is 3. The third-order valence-corrected chi connectivity index (χ3v) is 14.9. The van der Waals surface area contributed by atoms with Gasteiger partial charge in [-0.1, -0.05) is 57.6 Å². The summed E-state index contributed by atoms with van der Waals surface area (Å²) in [6.45, 7) is 11.2. The summed E-state index contributed by atoms with van der Waals surface area (Å²) in [5, 5.41) is 37.4. The van der Waals surface area contributed by atoms with E-state index in [1.54, 1.807) is 21.0 Å². The standard InChI is InChI=1S/C53H75NO13/c1-10-36-22-30(2)21-31(3)23-46(63-8)49-47(64-9)25-33(5)53(61,67-49)50(58)51(59)54-20-12-11-13-41(54)52(60)66-48(34(6)42(55)29-43(36)56)32(4)24-35-14-19-45(44(57)26-35)65-40-18-16-37-27-39(62-7)17-15-38(37)28-40/h15-18,22,24,27-28,31,33-36,41-42,44-49,55,57,61H,10-14,19-21,23,25-26,29H2,1-9H3/b30-22+,32-24?. The molecule has 3 heterocycles. The topological polar surface area (TPSA) is 188 Å². The molecule has 14 unspecified atom stereocenters. The van der Waals surface area contributed by atoms with E-state index < -0.39 is 90.0 Å². The summed E-state index contributed by atoms with van der Waals surface area (Å²) in [6, 6.07) is 10.4. The molecule has 3 aliphatic heterocycles. The molecule has 14 nitrogen and oxygen atoms in total. The summed E-state index contributed by atoms with van der Waals surface area (Å²) < 4.78 is 36.1. The van der Waals surface area contributed by atoms with Crippen LogP contribution in [-0.2, 0) is 38.1 Å². The van der Waals surface area contributed by atoms with Gasteiger partial charge in [-0.3, -0.25) is 14.4 Å². The van der Waals surface area contributed by atoms with E-state index in [0.717, 1.165) is 22.1 Å². The van der Waals surface area contributed by atoms with E-state index in [1.165, 1.54) is 19.1 Å². The highest BCUT2D eigenvalue weighted by atomic mass is 16.7. The highest BCUT2D eigenvalue weighted by Gasteiger charge is 2.56. The van der Waals surface area contributed by atoms with Crippen LogP contribution in [0.5, 0.6) is 11.5 Å². The van der Waals surface area contributed by atoms with Crippen molar-refractivity contribution in [2.45, 2.75) is 167 Å². The van der Waals surface area contributed by atoms with E-state index in [0.29, 0.717) is 62.7 Å². The zero-order valence-electron chi connectivity index (χ0n) is 41.0. The molecule has 3 fully saturated rings. The van der Waals surface area contributed by atoms with Gasteiger partial charge in [0, 0.05) is 44.9 Å². The van der Waals surface area contributed by atoms with Gasteiger partial charge >= 0.3 is 5.97 Å². The highest BCUT2D eigenvalue weighted by Crippen LogP contribution is 2.40. The van der Waals surface area contributed by atoms with Crippen LogP contribution < -0.4 is 9.47 Å². The van der Waals surface area contributed by atoms with Crippen molar-refractivity contribution in [1.29, 1.82) is 0 Å². The fourth-order valence-corrected chi connectivity index (χ4v) is 10.9. The smallest absolute Gasteiger partial charge is 0.329 e. The lowest BCUT2D eigenvalue weighted by molar-refractivity contribution is -0.302. The number of carbonyl (C=O) groups is 4. The predicted molar refractivity (Wildman–Crippen MR) is 252 cm³/mol. The van der Waals surface area contributed by atoms with Crippen LogP contribution in [0.25, 0.3) is 10.8 Å². The lowest BCUT2D eigenvalue weighted by atomic mass is 9.81. The molecular weight excluding hydrogens is 859 g/mol. The van der Waals surface area contributed by atoms with Crippen LogP contribution in [0, 0.1) is 29.6 Å². The Balaban J connectivity index is 1.28. The van der Waals surface area contributed by atoms with Crippen molar-refractivity contribution < 1.29 is 62.9 Å². The number of allylic oxidation sites excluding steroid dienone is 3. The SMILES string of the molecule is CCC1/C=C(\C)CC(C)CC(OC)C2OC(O)(C(=O)C(=O)N3CCCCC3C(=O)OC(C(C)=CC3CCC(Oc4ccc5cc(OC)ccc5c4)C(O)C3)C(C)C(O)CC1=O)C(C)CC2OC. The average Bonchev–Trinajstić information content (AvgIpc) is 3.31. The van der Waals surface area contributed by atoms with E-state index in [4.69, 9.17) is 28.4 Å². The van der Waals surface area contributed by atoms with Gasteiger partial charge in [-0.2, -0.15) is 0 Å². The summed E-state index contributed by atoms with van der Waals surface area (Å²) in [6.07, 6.45) is 2.91. The van der Waals surface area contributed by atoms with E-state index >= 15 is 0 Å². The first-order valence-electron chi connectivity index (χ1n) is 24.4. The van der Waals surface area contributed by atoms with Crippen LogP contribution in [-0.4, -0.2) is 126 Å². The maximum atomic E-state index is 14.5. The molecule has 2 saturated heterocycles. The van der Waals surface area contributed by atoms with Crippen LogP contribution in [0.4, 0.5) is 0 Å². The Morgan fingerprint density at radius 3 is 2.18 bits per heavy atom. The molecule has 4 aliphatic rings. The van der Waals surface area contributed by atoms with E-state index in [2.05, 4.69) is 6.92 Å². The number of amides is 1. The zero-order chi connectivity index (χ0) is 48.7. The molecule has 0 radical (unpaired) electrons. The Bertz CT molecular complexity index is 2120. The third-order valence-electron chi connectivity index (χ3n) is 14.9. The van der Waals surface area contributed by atoms with Crippen molar-refractivity contribution in [2.75, 3.05) is 27.9 Å². The molecule has 1 saturated carbocycles. The van der Waals surface area contributed by atoms with Gasteiger partial charge in [-0.25, -0.2) is 4.79 Å². The average molecular weight is 934 g/mol. The minimum Gasteiger partial charge on any atom is -0.497 e. The van der Waals surface area contributed by atoms with Gasteiger partial charge in [0.15, 0.2) is 0 Å². The number of ether oxygens (including phenoxy) is 6. The Kier molecular flexibility index (Phi) is 17.9. The van der Waals surface area contributed by atoms with Gasteiger partial charge in [-0.05, 0) is 131 Å². The summed E-state index contributed by atoms with van der Waals surface area (Å²) in [4.78, 5) is 58.4. The Morgan fingerprint density at radius 1 is 0.851 bits per heavy atom. The van der Waals surface area contributed by atoms with Gasteiger partial charge in [0.05, 0.1) is 31.5 Å². The van der Waals surface area contributed by atoms with E-state index in [9.17, 15) is 34.5 Å². The zero-order valence-corrected chi connectivity index (χ0v) is 41.0. The number of piperidine rings is 1. The van der Waals surface area contributed by atoms with Gasteiger partial charge in [0.1, 0.15) is 41.6 Å². The number of rotatable bonds is 8. The van der Waals surface area contributed by atoms with Gasteiger partial charge < -0.3 is 48.6 Å². The quantitative estimate of drug-likeness (QED) is 0.139. The monoisotopic (exact) mass is 934 g/mol. The van der Waals surface area contributed by atoms with Gasteiger partial charge in [0.25, 0.3) is 11.7 Å². The minimum atomic E-state index is -2.52. The third kappa shape index (κ3) is 12.2. The van der Waals surface area contributed by atoms with Crippen molar-refractivity contribution in [3.8, 4) is 11.5 Å². The number of aliphatic hydroxyl groups is 3. The summed E-state index contributed by atoms with van der Waals surface area (Å²) >= 11 is 0. The maximum absolute atomic E-state index is 14.5. The molecule has 1 aliphatic carbocycles. The molecule has 0 aromatic heterocycles. The molecule has 14 atom stereocenters. The molecule has 14 heteroatoms. The number of aliphatic hydroxyl groups excluding tert-OH is 2. The second kappa shape index (κ2) is 23.0. The van der Waals surface area contributed by atoms with Crippen molar-refractivity contribution in [1.82, 2.24) is 4.90 Å². The first-order chi connectivity index (χ1) is 31.9. The van der Waals surface area contributed by atoms with Crippen LogP contribution in [0.3, 0.4) is 0 Å². The Morgan fingerprint density at radius 2 is 1.52 bits per heavy atom. The first-order valence-corrected chi connectivity index (χ1v) is 24.4. The molecule has 0 spiro atoms. The second-order valence-electron chi connectivity index (χ2n) is 19.9. The molecule has 2 bridgehead atoms. The summed E-state index contributed by atoms with van der Waals surface area (Å²) in [7, 11) is 4.69. The molecule has 2 aromatic rings. The minimum absolute atomic E-state index is 0.0194. The van der Waals surface area contributed by atoms with Crippen LogP contribution >= 0.6 is 0 Å². The molecule has 3 N–H and O–H groups in total. The largest absolute Gasteiger partial charge is 0.497 e. The molecule has 6 rings (SSSR count). The number of ketones is 2. The van der Waals surface area contributed by atoms with E-state index in [-0.39, 0.29) is 43.4 Å². The van der Waals surface area contributed by atoms with Gasteiger partial charge in [0.2, 0.25) is 5.79 Å². The maximum Gasteiger partial charge on any atom is 0.329 e. The number of carbonyl (C=O) groups excluding carboxylic acids is 4. The number of esters is 1. The van der Waals surface area contributed by atoms with Crippen molar-refractivity contribution in [3.63, 3.8) is 0 Å². The van der Waals surface area contributed by atoms with Crippen molar-refractivity contribution in [3.05, 3.63) is 59.7 Å².